The summed E-state index contributed by atoms with van der Waals surface area (Å²) in [7, 11) is 0. The van der Waals surface area contributed by atoms with Crippen LogP contribution in [0.1, 0.15) is 318 Å². The van der Waals surface area contributed by atoms with Crippen molar-refractivity contribution in [3.8, 4) is 0 Å². The Kier molecular flexibility index (Phi) is 34.8. The van der Waals surface area contributed by atoms with E-state index in [1.807, 2.05) is 0 Å². The van der Waals surface area contributed by atoms with Gasteiger partial charge in [-0.25, -0.2) is 0 Å². The van der Waals surface area contributed by atoms with Gasteiger partial charge >= 0.3 is 17.9 Å². The molecule has 0 N–H and O–H groups in total. The topological polar surface area (TPSA) is 82.1 Å². The van der Waals surface area contributed by atoms with Crippen molar-refractivity contribution in [1.29, 1.82) is 0 Å². The van der Waals surface area contributed by atoms with Gasteiger partial charge in [0.05, 0.1) is 19.8 Å². The minimum atomic E-state index is -0.0420. The van der Waals surface area contributed by atoms with Crippen molar-refractivity contribution < 1.29 is 28.6 Å². The van der Waals surface area contributed by atoms with Gasteiger partial charge in [0.25, 0.3) is 0 Å². The predicted octanol–water partition coefficient (Wildman–Crippen LogP) is 18.7. The maximum Gasteiger partial charge on any atom is 0.305 e. The molecule has 4 fully saturated rings. The van der Waals surface area contributed by atoms with Gasteiger partial charge in [0, 0.05) is 19.3 Å². The Morgan fingerprint density at radius 2 is 0.732 bits per heavy atom. The molecule has 6 unspecified atom stereocenters. The lowest BCUT2D eigenvalue weighted by Gasteiger charge is -2.56. The van der Waals surface area contributed by atoms with Crippen molar-refractivity contribution in [3.63, 3.8) is 0 Å². The number of unbranched alkanes of at least 4 members (excludes halogenated alkanes) is 14. The molecule has 4 saturated carbocycles. The van der Waals surface area contributed by atoms with Crippen LogP contribution < -0.4 is 0 Å². The van der Waals surface area contributed by atoms with Gasteiger partial charge in [-0.15, -0.1) is 0 Å². The highest BCUT2D eigenvalue weighted by Gasteiger charge is 2.58. The molecule has 7 heteroatoms. The van der Waals surface area contributed by atoms with Crippen LogP contribution >= 0.6 is 0 Å². The van der Waals surface area contributed by atoms with Crippen LogP contribution in [-0.2, 0) is 28.6 Å². The van der Waals surface area contributed by atoms with Gasteiger partial charge in [0.1, 0.15) is 0 Å². The molecule has 4 aliphatic carbocycles. The molecule has 0 radical (unpaired) electrons. The van der Waals surface area contributed by atoms with Crippen molar-refractivity contribution in [2.45, 2.75) is 318 Å². The third-order valence-corrected chi connectivity index (χ3v) is 18.3. The summed E-state index contributed by atoms with van der Waals surface area (Å²) in [4.78, 5) is 41.2. The lowest BCUT2D eigenvalue weighted by atomic mass is 9.49. The maximum atomic E-state index is 13.1. The summed E-state index contributed by atoms with van der Waals surface area (Å²) in [5.41, 5.74) is 0.872. The molecule has 6 atom stereocenters. The van der Waals surface area contributed by atoms with E-state index in [-0.39, 0.29) is 23.3 Å². The van der Waals surface area contributed by atoms with E-state index in [0.29, 0.717) is 49.9 Å². The second kappa shape index (κ2) is 38.9. The van der Waals surface area contributed by atoms with E-state index in [4.69, 9.17) is 14.2 Å². The van der Waals surface area contributed by atoms with Gasteiger partial charge in [-0.2, -0.15) is 0 Å². The first kappa shape index (κ1) is 63.7. The van der Waals surface area contributed by atoms with E-state index in [9.17, 15) is 14.4 Å². The van der Waals surface area contributed by atoms with Gasteiger partial charge < -0.3 is 19.1 Å². The largest absolute Gasteiger partial charge is 0.466 e. The fourth-order valence-corrected chi connectivity index (χ4v) is 14.6. The molecule has 0 aromatic carbocycles. The maximum absolute atomic E-state index is 13.1. The average molecular weight is 999 g/mol. The summed E-state index contributed by atoms with van der Waals surface area (Å²) in [6.45, 7) is 18.2. The van der Waals surface area contributed by atoms with Crippen LogP contribution in [-0.4, -0.2) is 62.3 Å². The molecule has 71 heavy (non-hydrogen) atoms. The molecule has 4 rings (SSSR count). The number of hydrogen-bond acceptors (Lipinski definition) is 7. The zero-order chi connectivity index (χ0) is 51.3. The van der Waals surface area contributed by atoms with Gasteiger partial charge in [0.2, 0.25) is 0 Å². The molecule has 0 spiro atoms. The second-order valence-electron chi connectivity index (χ2n) is 24.6. The summed E-state index contributed by atoms with van der Waals surface area (Å²) in [6, 6.07) is 0. The molecule has 7 nitrogen and oxygen atoms in total. The highest BCUT2D eigenvalue weighted by molar-refractivity contribution is 5.69. The molecule has 0 aliphatic heterocycles. The summed E-state index contributed by atoms with van der Waals surface area (Å²) >= 11 is 0. The molecule has 416 valence electrons. The fourth-order valence-electron chi connectivity index (χ4n) is 14.6. The third-order valence-electron chi connectivity index (χ3n) is 18.3. The zero-order valence-electron chi connectivity index (χ0n) is 48.3. The number of nitrogens with zero attached hydrogens (tertiary/aromatic N) is 1. The highest BCUT2D eigenvalue weighted by Crippen LogP contribution is 2.69. The number of hydrogen-bond donors (Lipinski definition) is 0. The van der Waals surface area contributed by atoms with Gasteiger partial charge in [-0.3, -0.25) is 14.4 Å². The number of esters is 3. The molecule has 0 saturated heterocycles. The van der Waals surface area contributed by atoms with Gasteiger partial charge in [-0.05, 0) is 156 Å². The third kappa shape index (κ3) is 27.6. The van der Waals surface area contributed by atoms with Crippen LogP contribution in [0.2, 0.25) is 0 Å². The second-order valence-corrected chi connectivity index (χ2v) is 24.6. The van der Waals surface area contributed by atoms with Gasteiger partial charge in [0.15, 0.2) is 0 Å². The van der Waals surface area contributed by atoms with E-state index in [2.05, 4.69) is 46.4 Å². The summed E-state index contributed by atoms with van der Waals surface area (Å²) in [5.74, 6) is 2.32. The smallest absolute Gasteiger partial charge is 0.305 e. The first-order valence-electron chi connectivity index (χ1n) is 31.8. The minimum Gasteiger partial charge on any atom is -0.466 e. The minimum absolute atomic E-state index is 0.000286. The zero-order valence-corrected chi connectivity index (χ0v) is 48.3. The van der Waals surface area contributed by atoms with Crippen LogP contribution in [0.5, 0.6) is 0 Å². The van der Waals surface area contributed by atoms with E-state index in [0.717, 1.165) is 108 Å². The quantitative estimate of drug-likeness (QED) is 0.0341. The lowest BCUT2D eigenvalue weighted by Crippen LogP contribution is -2.45. The molecule has 4 bridgehead atoms. The van der Waals surface area contributed by atoms with Crippen LogP contribution in [0.4, 0.5) is 0 Å². The fraction of sp³-hybridized carbons (Fsp3) is 0.953. The normalized spacial score (nSPS) is 22.4. The first-order valence-corrected chi connectivity index (χ1v) is 31.8. The van der Waals surface area contributed by atoms with E-state index >= 15 is 0 Å². The molecular weight excluding hydrogens is 879 g/mol. The molecule has 0 aromatic rings. The lowest BCUT2D eigenvalue weighted by molar-refractivity contribution is -0.145. The van der Waals surface area contributed by atoms with E-state index < -0.39 is 0 Å². The van der Waals surface area contributed by atoms with Crippen LogP contribution in [0.25, 0.3) is 0 Å². The van der Waals surface area contributed by atoms with Gasteiger partial charge in [-0.1, -0.05) is 196 Å². The van der Waals surface area contributed by atoms with E-state index in [1.54, 1.807) is 0 Å². The molecule has 4 aliphatic rings. The Morgan fingerprint density at radius 1 is 0.408 bits per heavy atom. The predicted molar refractivity (Wildman–Crippen MR) is 300 cm³/mol. The van der Waals surface area contributed by atoms with E-state index in [1.165, 1.54) is 186 Å². The Morgan fingerprint density at radius 3 is 1.13 bits per heavy atom. The summed E-state index contributed by atoms with van der Waals surface area (Å²) in [5, 5.41) is 0. The molecule has 0 heterocycles. The number of fused-ring (bicyclic) bond motifs is 1. The van der Waals surface area contributed by atoms with Crippen molar-refractivity contribution in [1.82, 2.24) is 4.90 Å². The Labute approximate surface area is 440 Å². The monoisotopic (exact) mass is 998 g/mol. The van der Waals surface area contributed by atoms with Crippen LogP contribution in [0.15, 0.2) is 0 Å². The Bertz CT molecular complexity index is 1350. The summed E-state index contributed by atoms with van der Waals surface area (Å²) in [6.07, 6.45) is 51.4. The van der Waals surface area contributed by atoms with Crippen molar-refractivity contribution >= 4 is 17.9 Å². The number of carbonyl (C=O) groups is 3. The number of carbonyl (C=O) groups excluding carboxylic acids is 3. The Hall–Kier alpha value is -1.63. The Balaban J connectivity index is 1.51. The van der Waals surface area contributed by atoms with Crippen LogP contribution in [0, 0.1) is 34.0 Å². The van der Waals surface area contributed by atoms with Crippen molar-refractivity contribution in [2.24, 2.45) is 34.0 Å². The average Bonchev–Trinajstić information content (AvgIpc) is 3.53. The standard InChI is InChI=1S/C64H119NO6/c1-7-13-17-19-23-35-56(33-21-15-9-3)37-25-27-39-59(66)69-48-30-42-62-45-46-63(43-31-49-71-61(68)41-29-47-65(11-5)12-6)52-58(51-62)53-64(54-62,55-63)44-32-50-70-60(67)40-28-26-38-57(34-22-16-10-4)36-24-20-18-14-8-2/h56-58H,7-55H2,1-6H3. The molecular formula is C64H119NO6. The number of ether oxygens (including phenoxy) is 3. The first-order chi connectivity index (χ1) is 34.6. The SMILES string of the molecule is CCCCCCCC(CCCCC)CCCCC(=O)OCCCC12CCC3(CCCOC(=O)CCCN(CC)CC)CC(C1)CC(CCCOC(=O)CCCCC(CCCCC)CCCCCCC)(C2)C3. The van der Waals surface area contributed by atoms with Crippen molar-refractivity contribution in [2.75, 3.05) is 39.5 Å². The molecule has 0 amide bonds. The van der Waals surface area contributed by atoms with Crippen LogP contribution in [0.3, 0.4) is 0 Å². The number of rotatable bonds is 48. The molecule has 0 aromatic heterocycles. The van der Waals surface area contributed by atoms with Crippen molar-refractivity contribution in [3.05, 3.63) is 0 Å². The summed E-state index contributed by atoms with van der Waals surface area (Å²) < 4.78 is 17.8. The highest BCUT2D eigenvalue weighted by atomic mass is 16.5.